The van der Waals surface area contributed by atoms with Crippen molar-refractivity contribution in [1.29, 1.82) is 0 Å². The molecule has 1 fully saturated rings. The molecule has 6 heteroatoms. The summed E-state index contributed by atoms with van der Waals surface area (Å²) in [4.78, 5) is 28.7. The fourth-order valence-corrected chi connectivity index (χ4v) is 2.36. The zero-order chi connectivity index (χ0) is 14.8. The average molecular weight is 277 g/mol. The molecule has 2 N–H and O–H groups in total. The highest BCUT2D eigenvalue weighted by molar-refractivity contribution is 5.93. The topological polar surface area (TPSA) is 82.5 Å². The number of carboxylic acids is 1. The van der Waals surface area contributed by atoms with Gasteiger partial charge in [0.25, 0.3) is 5.91 Å². The average Bonchev–Trinajstić information content (AvgIpc) is 2.36. The molecule has 0 aliphatic heterocycles. The minimum absolute atomic E-state index is 0.0522. The first-order chi connectivity index (χ1) is 9.44. The minimum Gasteiger partial charge on any atom is -0.478 e. The number of hydrogen-bond acceptors (Lipinski definition) is 4. The second kappa shape index (κ2) is 5.58. The van der Waals surface area contributed by atoms with Gasteiger partial charge in [0, 0.05) is 18.3 Å². The summed E-state index contributed by atoms with van der Waals surface area (Å²) in [5.41, 5.74) is 0.366. The maximum absolute atomic E-state index is 12.0. The lowest BCUT2D eigenvalue weighted by molar-refractivity contribution is 0.0556. The Kier molecular flexibility index (Phi) is 4.04. The van der Waals surface area contributed by atoms with Crippen molar-refractivity contribution in [3.63, 3.8) is 0 Å². The number of carboxylic acid groups (broad SMARTS) is 1. The summed E-state index contributed by atoms with van der Waals surface area (Å²) in [5, 5.41) is 11.7. The molecular weight excluding hydrogens is 258 g/mol. The first kappa shape index (κ1) is 14.5. The van der Waals surface area contributed by atoms with Crippen LogP contribution >= 0.6 is 0 Å². The lowest BCUT2D eigenvalue weighted by Crippen LogP contribution is -2.57. The van der Waals surface area contributed by atoms with Crippen LogP contribution in [0.3, 0.4) is 0 Å². The second-order valence-electron chi connectivity index (χ2n) is 5.39. The van der Waals surface area contributed by atoms with Gasteiger partial charge in [-0.05, 0) is 45.5 Å². The van der Waals surface area contributed by atoms with Crippen LogP contribution < -0.4 is 5.32 Å². The van der Waals surface area contributed by atoms with E-state index in [1.165, 1.54) is 24.8 Å². The zero-order valence-corrected chi connectivity index (χ0v) is 11.7. The van der Waals surface area contributed by atoms with E-state index in [4.69, 9.17) is 5.11 Å². The van der Waals surface area contributed by atoms with Gasteiger partial charge in [0.05, 0.1) is 5.56 Å². The Morgan fingerprint density at radius 3 is 2.50 bits per heavy atom. The smallest absolute Gasteiger partial charge is 0.337 e. The van der Waals surface area contributed by atoms with Crippen molar-refractivity contribution >= 4 is 11.9 Å². The van der Waals surface area contributed by atoms with Crippen LogP contribution in [-0.4, -0.2) is 53.0 Å². The van der Waals surface area contributed by atoms with E-state index in [0.717, 1.165) is 12.8 Å². The van der Waals surface area contributed by atoms with E-state index < -0.39 is 5.97 Å². The Balaban J connectivity index is 1.96. The molecule has 1 amide bonds. The molecule has 1 saturated carbocycles. The molecule has 2 rings (SSSR count). The third-order valence-corrected chi connectivity index (χ3v) is 4.05. The minimum atomic E-state index is -1.05. The van der Waals surface area contributed by atoms with Crippen LogP contribution in [0.1, 0.15) is 40.1 Å². The maximum Gasteiger partial charge on any atom is 0.337 e. The molecule has 0 radical (unpaired) electrons. The molecule has 0 unspecified atom stereocenters. The van der Waals surface area contributed by atoms with E-state index in [1.54, 1.807) is 0 Å². The number of pyridine rings is 1. The predicted molar refractivity (Wildman–Crippen MR) is 73.8 cm³/mol. The van der Waals surface area contributed by atoms with Crippen LogP contribution in [0.25, 0.3) is 0 Å². The van der Waals surface area contributed by atoms with Gasteiger partial charge in [0.1, 0.15) is 5.69 Å². The molecule has 108 valence electrons. The van der Waals surface area contributed by atoms with Crippen molar-refractivity contribution in [2.24, 2.45) is 0 Å². The van der Waals surface area contributed by atoms with E-state index in [2.05, 4.69) is 15.2 Å². The van der Waals surface area contributed by atoms with Gasteiger partial charge in [-0.3, -0.25) is 9.78 Å². The fraction of sp³-hybridized carbons (Fsp3) is 0.500. The Bertz CT molecular complexity index is 507. The molecular formula is C14H19N3O3. The number of nitrogens with one attached hydrogen (secondary N) is 1. The predicted octanol–water partition coefficient (Wildman–Crippen LogP) is 0.994. The first-order valence-electron chi connectivity index (χ1n) is 6.60. The molecule has 0 spiro atoms. The van der Waals surface area contributed by atoms with Crippen LogP contribution in [0, 0.1) is 0 Å². The standard InChI is InChI=1S/C14H19N3O3/c1-17(2)14(6-3-7-14)9-16-12(18)11-5-4-10(8-15-11)13(19)20/h4-5,8H,3,6-7,9H2,1-2H3,(H,16,18)(H,19,20). The van der Waals surface area contributed by atoms with Crippen molar-refractivity contribution in [2.75, 3.05) is 20.6 Å². The maximum atomic E-state index is 12.0. The lowest BCUT2D eigenvalue weighted by atomic mass is 9.75. The Morgan fingerprint density at radius 2 is 2.10 bits per heavy atom. The van der Waals surface area contributed by atoms with Gasteiger partial charge in [0.2, 0.25) is 0 Å². The van der Waals surface area contributed by atoms with Gasteiger partial charge in [-0.15, -0.1) is 0 Å². The molecule has 1 aliphatic rings. The summed E-state index contributed by atoms with van der Waals surface area (Å²) in [5.74, 6) is -1.32. The normalized spacial score (nSPS) is 16.6. The van der Waals surface area contributed by atoms with Gasteiger partial charge < -0.3 is 15.3 Å². The van der Waals surface area contributed by atoms with Crippen molar-refractivity contribution in [2.45, 2.75) is 24.8 Å². The number of carbonyl (C=O) groups is 2. The van der Waals surface area contributed by atoms with Crippen molar-refractivity contribution < 1.29 is 14.7 Å². The number of nitrogens with zero attached hydrogens (tertiary/aromatic N) is 2. The third-order valence-electron chi connectivity index (χ3n) is 4.05. The highest BCUT2D eigenvalue weighted by Gasteiger charge is 2.39. The second-order valence-corrected chi connectivity index (χ2v) is 5.39. The van der Waals surface area contributed by atoms with Crippen molar-refractivity contribution in [3.05, 3.63) is 29.6 Å². The zero-order valence-electron chi connectivity index (χ0n) is 11.7. The number of likely N-dealkylation sites (N-methyl/N-ethyl adjacent to an activating group) is 1. The first-order valence-corrected chi connectivity index (χ1v) is 6.60. The van der Waals surface area contributed by atoms with Crippen LogP contribution in [0.5, 0.6) is 0 Å². The molecule has 1 aromatic heterocycles. The number of carbonyl (C=O) groups excluding carboxylic acids is 1. The van der Waals surface area contributed by atoms with E-state index in [-0.39, 0.29) is 22.7 Å². The Morgan fingerprint density at radius 1 is 1.40 bits per heavy atom. The number of aromatic nitrogens is 1. The molecule has 1 heterocycles. The molecule has 20 heavy (non-hydrogen) atoms. The Labute approximate surface area is 117 Å². The molecule has 1 aromatic rings. The molecule has 0 saturated heterocycles. The van der Waals surface area contributed by atoms with Gasteiger partial charge in [-0.2, -0.15) is 0 Å². The number of hydrogen-bond donors (Lipinski definition) is 2. The number of amides is 1. The fourth-order valence-electron chi connectivity index (χ4n) is 2.36. The van der Waals surface area contributed by atoms with Crippen LogP contribution in [0.2, 0.25) is 0 Å². The monoisotopic (exact) mass is 277 g/mol. The highest BCUT2D eigenvalue weighted by atomic mass is 16.4. The van der Waals surface area contributed by atoms with Crippen molar-refractivity contribution in [1.82, 2.24) is 15.2 Å². The van der Waals surface area contributed by atoms with E-state index >= 15 is 0 Å². The number of rotatable bonds is 5. The molecule has 0 aromatic carbocycles. The molecule has 1 aliphatic carbocycles. The van der Waals surface area contributed by atoms with Crippen LogP contribution in [0.15, 0.2) is 18.3 Å². The van der Waals surface area contributed by atoms with Gasteiger partial charge in [-0.25, -0.2) is 4.79 Å². The quantitative estimate of drug-likeness (QED) is 0.839. The summed E-state index contributed by atoms with van der Waals surface area (Å²) in [7, 11) is 4.04. The molecule has 6 nitrogen and oxygen atoms in total. The van der Waals surface area contributed by atoms with Gasteiger partial charge >= 0.3 is 5.97 Å². The summed E-state index contributed by atoms with van der Waals surface area (Å²) < 4.78 is 0. The van der Waals surface area contributed by atoms with E-state index in [9.17, 15) is 9.59 Å². The summed E-state index contributed by atoms with van der Waals surface area (Å²) in [6.07, 6.45) is 4.53. The van der Waals surface area contributed by atoms with Crippen LogP contribution in [0.4, 0.5) is 0 Å². The molecule has 0 bridgehead atoms. The molecule has 0 atom stereocenters. The van der Waals surface area contributed by atoms with Crippen molar-refractivity contribution in [3.8, 4) is 0 Å². The van der Waals surface area contributed by atoms with Gasteiger partial charge in [0.15, 0.2) is 0 Å². The SMILES string of the molecule is CN(C)C1(CNC(=O)c2ccc(C(=O)O)cn2)CCC1. The number of aromatic carboxylic acids is 1. The third kappa shape index (κ3) is 2.80. The van der Waals surface area contributed by atoms with E-state index in [1.807, 2.05) is 14.1 Å². The lowest BCUT2D eigenvalue weighted by Gasteiger charge is -2.47. The largest absolute Gasteiger partial charge is 0.478 e. The van der Waals surface area contributed by atoms with E-state index in [0.29, 0.717) is 6.54 Å². The highest BCUT2D eigenvalue weighted by Crippen LogP contribution is 2.35. The summed E-state index contributed by atoms with van der Waals surface area (Å²) in [6.45, 7) is 0.585. The Hall–Kier alpha value is -1.95. The summed E-state index contributed by atoms with van der Waals surface area (Å²) >= 11 is 0. The van der Waals surface area contributed by atoms with Crippen LogP contribution in [-0.2, 0) is 0 Å². The summed E-state index contributed by atoms with van der Waals surface area (Å²) in [6, 6.07) is 2.82. The van der Waals surface area contributed by atoms with Gasteiger partial charge in [-0.1, -0.05) is 0 Å².